The van der Waals surface area contributed by atoms with Gasteiger partial charge in [0.05, 0.1) is 11.3 Å². The van der Waals surface area contributed by atoms with Crippen LogP contribution in [0.4, 0.5) is 5.69 Å². The third-order valence-electron chi connectivity index (χ3n) is 4.60. The maximum absolute atomic E-state index is 9.69. The highest BCUT2D eigenvalue weighted by Gasteiger charge is 2.24. The first kappa shape index (κ1) is 16.3. The van der Waals surface area contributed by atoms with Crippen LogP contribution in [0, 0.1) is 11.3 Å². The molecule has 0 fully saturated rings. The van der Waals surface area contributed by atoms with Gasteiger partial charge in [0, 0.05) is 18.8 Å². The molecule has 3 heteroatoms. The molecule has 122 valence electrons. The number of hydrogen-bond donors (Lipinski definition) is 1. The monoisotopic (exact) mass is 317 g/mol. The Morgan fingerprint density at radius 3 is 2.67 bits per heavy atom. The van der Waals surface area contributed by atoms with Gasteiger partial charge in [0.1, 0.15) is 6.07 Å². The van der Waals surface area contributed by atoms with E-state index in [1.54, 1.807) is 0 Å². The zero-order chi connectivity index (χ0) is 17.1. The van der Waals surface area contributed by atoms with E-state index in [0.29, 0.717) is 5.56 Å². The maximum atomic E-state index is 9.69. The lowest BCUT2D eigenvalue weighted by Crippen LogP contribution is -2.31. The van der Waals surface area contributed by atoms with Gasteiger partial charge < -0.3 is 5.32 Å². The fourth-order valence-electron chi connectivity index (χ4n) is 3.40. The van der Waals surface area contributed by atoms with Crippen molar-refractivity contribution in [1.29, 1.82) is 5.26 Å². The summed E-state index contributed by atoms with van der Waals surface area (Å²) in [6.45, 7) is 11.0. The Morgan fingerprint density at radius 1 is 1.29 bits per heavy atom. The van der Waals surface area contributed by atoms with E-state index in [4.69, 9.17) is 0 Å². The third kappa shape index (κ3) is 3.06. The zero-order valence-electron chi connectivity index (χ0n) is 14.4. The molecule has 0 saturated heterocycles. The summed E-state index contributed by atoms with van der Waals surface area (Å²) < 4.78 is 0. The molecule has 24 heavy (non-hydrogen) atoms. The first-order chi connectivity index (χ1) is 11.6. The Balaban J connectivity index is 2.23. The summed E-state index contributed by atoms with van der Waals surface area (Å²) in [4.78, 5) is 2.42. The Kier molecular flexibility index (Phi) is 4.69. The molecule has 0 saturated carbocycles. The van der Waals surface area contributed by atoms with E-state index in [1.165, 1.54) is 22.3 Å². The van der Waals surface area contributed by atoms with E-state index in [1.807, 2.05) is 19.1 Å². The van der Waals surface area contributed by atoms with Crippen LogP contribution in [0.2, 0.25) is 0 Å². The minimum absolute atomic E-state index is 0.688. The highest BCUT2D eigenvalue weighted by molar-refractivity contribution is 5.79. The molecule has 0 aliphatic carbocycles. The summed E-state index contributed by atoms with van der Waals surface area (Å²) in [5.41, 5.74) is 7.43. The average molecular weight is 317 g/mol. The Labute approximate surface area is 144 Å². The minimum Gasteiger partial charge on any atom is -0.358 e. The van der Waals surface area contributed by atoms with E-state index in [9.17, 15) is 5.26 Å². The van der Waals surface area contributed by atoms with Gasteiger partial charge in [0.25, 0.3) is 0 Å². The summed E-state index contributed by atoms with van der Waals surface area (Å²) in [6, 6.07) is 14.8. The summed E-state index contributed by atoms with van der Waals surface area (Å²) in [6.07, 6.45) is 1.00. The lowest BCUT2D eigenvalue weighted by atomic mass is 9.87. The van der Waals surface area contributed by atoms with E-state index in [-0.39, 0.29) is 0 Å². The predicted octanol–water partition coefficient (Wildman–Crippen LogP) is 4.55. The molecular formula is C21H23N3. The summed E-state index contributed by atoms with van der Waals surface area (Å²) in [5.74, 6) is 0. The minimum atomic E-state index is 0.688. The number of nitriles is 1. The zero-order valence-corrected chi connectivity index (χ0v) is 14.4. The van der Waals surface area contributed by atoms with Crippen molar-refractivity contribution in [2.75, 3.05) is 18.4 Å². The summed E-state index contributed by atoms with van der Waals surface area (Å²) in [7, 11) is 0. The lowest BCUT2D eigenvalue weighted by Gasteiger charge is -2.31. The molecule has 0 bridgehead atoms. The molecule has 2 aromatic carbocycles. The van der Waals surface area contributed by atoms with Crippen molar-refractivity contribution in [3.05, 3.63) is 65.4 Å². The molecule has 0 atom stereocenters. The Morgan fingerprint density at radius 2 is 2.04 bits per heavy atom. The molecule has 2 aromatic rings. The number of benzene rings is 2. The van der Waals surface area contributed by atoms with E-state index >= 15 is 0 Å². The standard InChI is InChI=1S/C21H23N3/c1-4-24-11-10-18-19(16-8-6-5-7-9-16)12-17(13-22)21(20(18)14-24)23-15(2)3/h5-9,12,23H,2,4,10-11,14H2,1,3H3. The summed E-state index contributed by atoms with van der Waals surface area (Å²) >= 11 is 0. The van der Waals surface area contributed by atoms with Gasteiger partial charge in [-0.25, -0.2) is 0 Å². The normalized spacial score (nSPS) is 13.9. The molecule has 1 heterocycles. The molecular weight excluding hydrogens is 294 g/mol. The molecule has 0 unspecified atom stereocenters. The van der Waals surface area contributed by atoms with Crippen molar-refractivity contribution in [2.45, 2.75) is 26.8 Å². The molecule has 3 nitrogen and oxygen atoms in total. The van der Waals surface area contributed by atoms with Crippen molar-refractivity contribution in [3.8, 4) is 17.2 Å². The van der Waals surface area contributed by atoms with Crippen molar-refractivity contribution in [3.63, 3.8) is 0 Å². The molecule has 1 N–H and O–H groups in total. The van der Waals surface area contributed by atoms with Gasteiger partial charge in [-0.05, 0) is 48.2 Å². The molecule has 1 aliphatic rings. The summed E-state index contributed by atoms with van der Waals surface area (Å²) in [5, 5.41) is 13.0. The first-order valence-electron chi connectivity index (χ1n) is 8.43. The van der Waals surface area contributed by atoms with Crippen LogP contribution in [0.5, 0.6) is 0 Å². The molecule has 0 radical (unpaired) electrons. The van der Waals surface area contributed by atoms with E-state index < -0.39 is 0 Å². The SMILES string of the molecule is C=C(C)Nc1c(C#N)cc(-c2ccccc2)c2c1CN(CC)CC2. The van der Waals surface area contributed by atoms with Gasteiger partial charge in [0.2, 0.25) is 0 Å². The van der Waals surface area contributed by atoms with Gasteiger partial charge in [-0.15, -0.1) is 0 Å². The second-order valence-electron chi connectivity index (χ2n) is 6.31. The molecule has 0 spiro atoms. The predicted molar refractivity (Wildman–Crippen MR) is 99.7 cm³/mol. The van der Waals surface area contributed by atoms with Crippen molar-refractivity contribution in [2.24, 2.45) is 0 Å². The largest absolute Gasteiger partial charge is 0.358 e. The van der Waals surface area contributed by atoms with Gasteiger partial charge >= 0.3 is 0 Å². The van der Waals surface area contributed by atoms with Crippen molar-refractivity contribution < 1.29 is 0 Å². The van der Waals surface area contributed by atoms with Crippen molar-refractivity contribution in [1.82, 2.24) is 4.90 Å². The quantitative estimate of drug-likeness (QED) is 0.899. The molecule has 3 rings (SSSR count). The van der Waals surface area contributed by atoms with E-state index in [0.717, 1.165) is 37.4 Å². The molecule has 0 amide bonds. The Hall–Kier alpha value is -2.57. The van der Waals surface area contributed by atoms with Crippen molar-refractivity contribution >= 4 is 5.69 Å². The van der Waals surface area contributed by atoms with Gasteiger partial charge in [-0.1, -0.05) is 43.8 Å². The molecule has 0 aromatic heterocycles. The average Bonchev–Trinajstić information content (AvgIpc) is 2.61. The number of nitrogens with zero attached hydrogens (tertiary/aromatic N) is 2. The second-order valence-corrected chi connectivity index (χ2v) is 6.31. The van der Waals surface area contributed by atoms with Crippen LogP contribution in [-0.2, 0) is 13.0 Å². The fourth-order valence-corrected chi connectivity index (χ4v) is 3.40. The van der Waals surface area contributed by atoms with Crippen LogP contribution in [-0.4, -0.2) is 18.0 Å². The highest BCUT2D eigenvalue weighted by Crippen LogP contribution is 2.37. The maximum Gasteiger partial charge on any atom is 0.101 e. The van der Waals surface area contributed by atoms with Crippen LogP contribution < -0.4 is 5.32 Å². The smallest absolute Gasteiger partial charge is 0.101 e. The van der Waals surface area contributed by atoms with Crippen LogP contribution in [0.1, 0.15) is 30.5 Å². The second kappa shape index (κ2) is 6.90. The van der Waals surface area contributed by atoms with E-state index in [2.05, 4.69) is 54.1 Å². The van der Waals surface area contributed by atoms with Crippen LogP contribution >= 0.6 is 0 Å². The number of allylic oxidation sites excluding steroid dienone is 1. The third-order valence-corrected chi connectivity index (χ3v) is 4.60. The number of fused-ring (bicyclic) bond motifs is 1. The number of rotatable bonds is 4. The highest BCUT2D eigenvalue weighted by atomic mass is 15.1. The Bertz CT molecular complexity index is 800. The number of hydrogen-bond acceptors (Lipinski definition) is 3. The first-order valence-corrected chi connectivity index (χ1v) is 8.43. The number of likely N-dealkylation sites (N-methyl/N-ethyl adjacent to an activating group) is 1. The molecule has 1 aliphatic heterocycles. The van der Waals surface area contributed by atoms with Crippen LogP contribution in [0.25, 0.3) is 11.1 Å². The fraction of sp³-hybridized carbons (Fsp3) is 0.286. The number of nitrogens with one attached hydrogen (secondary N) is 1. The van der Waals surface area contributed by atoms with Crippen LogP contribution in [0.15, 0.2) is 48.7 Å². The van der Waals surface area contributed by atoms with Crippen LogP contribution in [0.3, 0.4) is 0 Å². The topological polar surface area (TPSA) is 39.1 Å². The van der Waals surface area contributed by atoms with Gasteiger partial charge in [0.15, 0.2) is 0 Å². The van der Waals surface area contributed by atoms with Gasteiger partial charge in [-0.2, -0.15) is 5.26 Å². The number of anilines is 1. The lowest BCUT2D eigenvalue weighted by molar-refractivity contribution is 0.269. The van der Waals surface area contributed by atoms with Gasteiger partial charge in [-0.3, -0.25) is 4.90 Å².